The second kappa shape index (κ2) is 6.89. The fraction of sp³-hybridized carbons (Fsp3) is 0.455. The minimum absolute atomic E-state index is 0.0202. The number of hydrogen-bond donors (Lipinski definition) is 2. The topological polar surface area (TPSA) is 119 Å². The highest BCUT2D eigenvalue weighted by atomic mass is 32.2. The molecule has 2 N–H and O–H groups in total. The van der Waals surface area contributed by atoms with Gasteiger partial charge < -0.3 is 9.84 Å². The van der Waals surface area contributed by atoms with E-state index < -0.39 is 37.5 Å². The van der Waals surface area contributed by atoms with Crippen LogP contribution in [0.25, 0.3) is 0 Å². The van der Waals surface area contributed by atoms with Crippen LogP contribution in [0.1, 0.15) is 5.56 Å². The Morgan fingerprint density at radius 2 is 2.14 bits per heavy atom. The summed E-state index contributed by atoms with van der Waals surface area (Å²) in [6.07, 6.45) is -1.07. The highest BCUT2D eigenvalue weighted by Gasteiger charge is 2.24. The normalized spacial score (nSPS) is 13.1. The van der Waals surface area contributed by atoms with E-state index in [1.54, 1.807) is 0 Å². The predicted molar refractivity (Wildman–Crippen MR) is 70.9 cm³/mol. The van der Waals surface area contributed by atoms with Crippen molar-refractivity contribution in [2.24, 2.45) is 0 Å². The SMILES string of the molecule is COCC(O)CNS(=O)(=O)c1cc([N+](=O)[O-])c(F)cc1C. The smallest absolute Gasteiger partial charge is 0.306 e. The van der Waals surface area contributed by atoms with Gasteiger partial charge in [-0.25, -0.2) is 13.1 Å². The lowest BCUT2D eigenvalue weighted by molar-refractivity contribution is -0.387. The van der Waals surface area contributed by atoms with Gasteiger partial charge in [-0.15, -0.1) is 0 Å². The first-order valence-electron chi connectivity index (χ1n) is 5.80. The molecule has 1 aromatic rings. The maximum atomic E-state index is 13.4. The maximum Gasteiger partial charge on any atom is 0.306 e. The van der Waals surface area contributed by atoms with Crippen LogP contribution in [0.15, 0.2) is 17.0 Å². The molecule has 0 aliphatic heterocycles. The van der Waals surface area contributed by atoms with E-state index >= 15 is 0 Å². The van der Waals surface area contributed by atoms with Gasteiger partial charge in [0.1, 0.15) is 0 Å². The van der Waals surface area contributed by atoms with Crippen molar-refractivity contribution in [1.82, 2.24) is 4.72 Å². The summed E-state index contributed by atoms with van der Waals surface area (Å²) in [5, 5.41) is 20.1. The Morgan fingerprint density at radius 3 is 2.67 bits per heavy atom. The molecule has 0 fully saturated rings. The summed E-state index contributed by atoms with van der Waals surface area (Å²) >= 11 is 0. The van der Waals surface area contributed by atoms with Crippen LogP contribution in [-0.2, 0) is 14.8 Å². The maximum absolute atomic E-state index is 13.4. The monoisotopic (exact) mass is 322 g/mol. The highest BCUT2D eigenvalue weighted by Crippen LogP contribution is 2.25. The summed E-state index contributed by atoms with van der Waals surface area (Å²) in [4.78, 5) is 9.23. The van der Waals surface area contributed by atoms with Crippen molar-refractivity contribution in [2.75, 3.05) is 20.3 Å². The lowest BCUT2D eigenvalue weighted by atomic mass is 10.2. The molecule has 1 aromatic carbocycles. The summed E-state index contributed by atoms with van der Waals surface area (Å²) in [6, 6.07) is 1.42. The van der Waals surface area contributed by atoms with Crippen molar-refractivity contribution in [3.63, 3.8) is 0 Å². The molecule has 10 heteroatoms. The molecule has 0 spiro atoms. The number of nitrogens with zero attached hydrogens (tertiary/aromatic N) is 1. The van der Waals surface area contributed by atoms with Crippen molar-refractivity contribution in [1.29, 1.82) is 0 Å². The van der Waals surface area contributed by atoms with Gasteiger partial charge in [-0.1, -0.05) is 0 Å². The molecule has 0 bridgehead atoms. The Morgan fingerprint density at radius 1 is 1.52 bits per heavy atom. The lowest BCUT2D eigenvalue weighted by Gasteiger charge is -2.12. The molecule has 0 aliphatic carbocycles. The van der Waals surface area contributed by atoms with Gasteiger partial charge in [-0.3, -0.25) is 10.1 Å². The average Bonchev–Trinajstić information content (AvgIpc) is 2.36. The standard InChI is InChI=1S/C11H15FN2O6S/c1-7-3-9(12)10(14(16)17)4-11(7)21(18,19)13-5-8(15)6-20-2/h3-4,8,13,15H,5-6H2,1-2H3. The first-order valence-corrected chi connectivity index (χ1v) is 7.28. The first-order chi connectivity index (χ1) is 9.69. The number of hydrogen-bond acceptors (Lipinski definition) is 6. The molecular formula is C11H15FN2O6S. The van der Waals surface area contributed by atoms with Crippen LogP contribution in [-0.4, -0.2) is 44.8 Å². The zero-order valence-corrected chi connectivity index (χ0v) is 12.2. The molecule has 0 saturated carbocycles. The van der Waals surface area contributed by atoms with Crippen LogP contribution in [0.4, 0.5) is 10.1 Å². The number of halogens is 1. The zero-order valence-electron chi connectivity index (χ0n) is 11.4. The van der Waals surface area contributed by atoms with E-state index in [4.69, 9.17) is 0 Å². The number of nitrogens with one attached hydrogen (secondary N) is 1. The molecule has 1 rings (SSSR count). The van der Waals surface area contributed by atoms with Crippen LogP contribution in [0.5, 0.6) is 0 Å². The molecule has 0 radical (unpaired) electrons. The fourth-order valence-electron chi connectivity index (χ4n) is 1.61. The molecule has 118 valence electrons. The van der Waals surface area contributed by atoms with Crippen LogP contribution in [0.3, 0.4) is 0 Å². The van der Waals surface area contributed by atoms with Crippen molar-refractivity contribution < 1.29 is 27.6 Å². The third-order valence-electron chi connectivity index (χ3n) is 2.60. The Kier molecular flexibility index (Phi) is 5.72. The minimum atomic E-state index is -4.11. The quantitative estimate of drug-likeness (QED) is 0.551. The molecule has 0 aliphatic rings. The predicted octanol–water partition coefficient (Wildman–Crippen LogP) is 0.328. The Labute approximate surface area is 120 Å². The minimum Gasteiger partial charge on any atom is -0.389 e. The van der Waals surface area contributed by atoms with E-state index in [1.165, 1.54) is 14.0 Å². The number of aliphatic hydroxyl groups excluding tert-OH is 1. The second-order valence-corrected chi connectivity index (χ2v) is 6.02. The summed E-state index contributed by atoms with van der Waals surface area (Å²) in [5.41, 5.74) is -0.912. The number of nitro groups is 1. The van der Waals surface area contributed by atoms with Gasteiger partial charge in [0, 0.05) is 19.7 Å². The molecule has 8 nitrogen and oxygen atoms in total. The number of rotatable bonds is 7. The van der Waals surface area contributed by atoms with Crippen LogP contribution in [0, 0.1) is 22.9 Å². The molecule has 0 amide bonds. The molecule has 1 unspecified atom stereocenters. The van der Waals surface area contributed by atoms with E-state index in [9.17, 15) is 28.0 Å². The van der Waals surface area contributed by atoms with Gasteiger partial charge >= 0.3 is 5.69 Å². The van der Waals surface area contributed by atoms with Gasteiger partial charge in [0.05, 0.1) is 22.5 Å². The molecular weight excluding hydrogens is 307 g/mol. The van der Waals surface area contributed by atoms with Gasteiger partial charge in [-0.2, -0.15) is 4.39 Å². The number of ether oxygens (including phenoxy) is 1. The molecule has 21 heavy (non-hydrogen) atoms. The zero-order chi connectivity index (χ0) is 16.2. The summed E-state index contributed by atoms with van der Waals surface area (Å²) < 4.78 is 44.2. The van der Waals surface area contributed by atoms with Crippen LogP contribution >= 0.6 is 0 Å². The highest BCUT2D eigenvalue weighted by molar-refractivity contribution is 7.89. The van der Waals surface area contributed by atoms with Crippen molar-refractivity contribution in [3.8, 4) is 0 Å². The number of aryl methyl sites for hydroxylation is 1. The van der Waals surface area contributed by atoms with Gasteiger partial charge in [0.25, 0.3) is 0 Å². The van der Waals surface area contributed by atoms with E-state index in [0.29, 0.717) is 6.07 Å². The molecule has 0 aromatic heterocycles. The number of sulfonamides is 1. The Balaban J connectivity index is 3.08. The van der Waals surface area contributed by atoms with Crippen molar-refractivity contribution in [2.45, 2.75) is 17.9 Å². The second-order valence-electron chi connectivity index (χ2n) is 4.29. The number of aliphatic hydroxyl groups is 1. The Bertz CT molecular complexity index is 634. The largest absolute Gasteiger partial charge is 0.389 e. The van der Waals surface area contributed by atoms with Crippen molar-refractivity contribution >= 4 is 15.7 Å². The summed E-state index contributed by atoms with van der Waals surface area (Å²) in [6.45, 7) is 0.902. The summed E-state index contributed by atoms with van der Waals surface area (Å²) in [7, 11) is -2.78. The molecule has 0 saturated heterocycles. The average molecular weight is 322 g/mol. The lowest BCUT2D eigenvalue weighted by Crippen LogP contribution is -2.34. The van der Waals surface area contributed by atoms with Gasteiger partial charge in [0.2, 0.25) is 15.8 Å². The van der Waals surface area contributed by atoms with E-state index in [0.717, 1.165) is 6.07 Å². The van der Waals surface area contributed by atoms with Gasteiger partial charge in [-0.05, 0) is 18.6 Å². The van der Waals surface area contributed by atoms with Crippen LogP contribution in [0.2, 0.25) is 0 Å². The number of benzene rings is 1. The van der Waals surface area contributed by atoms with Crippen molar-refractivity contribution in [3.05, 3.63) is 33.6 Å². The van der Waals surface area contributed by atoms with E-state index in [2.05, 4.69) is 9.46 Å². The summed E-state index contributed by atoms with van der Waals surface area (Å²) in [5.74, 6) is -1.11. The van der Waals surface area contributed by atoms with Gasteiger partial charge in [0.15, 0.2) is 0 Å². The third kappa shape index (κ3) is 4.43. The fourth-order valence-corrected chi connectivity index (χ4v) is 2.92. The number of nitro benzene ring substituents is 1. The number of methoxy groups -OCH3 is 1. The van der Waals surface area contributed by atoms with E-state index in [-0.39, 0.29) is 18.7 Å². The first kappa shape index (κ1) is 17.4. The van der Waals surface area contributed by atoms with Crippen LogP contribution < -0.4 is 4.72 Å². The third-order valence-corrected chi connectivity index (χ3v) is 4.16. The molecule has 1 atom stereocenters. The molecule has 0 heterocycles. The Hall–Kier alpha value is -1.62. The van der Waals surface area contributed by atoms with E-state index in [1.807, 2.05) is 0 Å².